The molecule has 0 radical (unpaired) electrons. The summed E-state index contributed by atoms with van der Waals surface area (Å²) >= 11 is 3.66. The van der Waals surface area contributed by atoms with E-state index in [1.165, 1.54) is 26.7 Å². The fourth-order valence-electron chi connectivity index (χ4n) is 4.10. The number of benzene rings is 3. The van der Waals surface area contributed by atoms with Crippen LogP contribution in [-0.2, 0) is 19.5 Å². The molecule has 0 unspecified atom stereocenters. The van der Waals surface area contributed by atoms with E-state index in [1.54, 1.807) is 0 Å². The average Bonchev–Trinajstić information content (AvgIpc) is 2.80. The average molecular weight is 459 g/mol. The van der Waals surface area contributed by atoms with Crippen molar-refractivity contribution in [3.8, 4) is 0 Å². The molecule has 0 spiro atoms. The van der Waals surface area contributed by atoms with E-state index in [-0.39, 0.29) is 0 Å². The zero-order chi connectivity index (χ0) is 20.5. The number of para-hydroxylation sites is 1. The molecule has 1 N–H and O–H groups in total. The van der Waals surface area contributed by atoms with Gasteiger partial charge in [-0.05, 0) is 53.8 Å². The van der Waals surface area contributed by atoms with E-state index in [0.717, 1.165) is 48.7 Å². The SMILES string of the molecule is Cc1c(Br)ccc2c1CCN(c1nc(NCc3ccccc3)c3ccccc3n1)C2. The summed E-state index contributed by atoms with van der Waals surface area (Å²) < 4.78 is 1.18. The Morgan fingerprint density at radius 2 is 1.77 bits per heavy atom. The number of aromatic nitrogens is 2. The van der Waals surface area contributed by atoms with E-state index >= 15 is 0 Å². The normalized spacial score (nSPS) is 13.3. The van der Waals surface area contributed by atoms with Crippen molar-refractivity contribution in [2.24, 2.45) is 0 Å². The van der Waals surface area contributed by atoms with Crippen LogP contribution < -0.4 is 10.2 Å². The first-order valence-electron chi connectivity index (χ1n) is 10.3. The van der Waals surface area contributed by atoms with Crippen LogP contribution in [0.2, 0.25) is 0 Å². The molecule has 1 aromatic heterocycles. The summed E-state index contributed by atoms with van der Waals surface area (Å²) in [4.78, 5) is 12.1. The monoisotopic (exact) mass is 458 g/mol. The lowest BCUT2D eigenvalue weighted by atomic mass is 9.95. The predicted octanol–water partition coefficient (Wildman–Crippen LogP) is 5.88. The number of rotatable bonds is 4. The van der Waals surface area contributed by atoms with Crippen LogP contribution in [0.5, 0.6) is 0 Å². The first-order chi connectivity index (χ1) is 14.7. The van der Waals surface area contributed by atoms with Gasteiger partial charge >= 0.3 is 0 Å². The molecule has 5 heteroatoms. The van der Waals surface area contributed by atoms with Gasteiger partial charge in [0.05, 0.1) is 5.52 Å². The van der Waals surface area contributed by atoms with Crippen LogP contribution in [0.25, 0.3) is 10.9 Å². The molecule has 150 valence electrons. The van der Waals surface area contributed by atoms with Crippen LogP contribution in [0.3, 0.4) is 0 Å². The third kappa shape index (κ3) is 3.65. The minimum atomic E-state index is 0.733. The first kappa shape index (κ1) is 19.1. The molecule has 1 aliphatic rings. The fourth-order valence-corrected chi connectivity index (χ4v) is 4.48. The summed E-state index contributed by atoms with van der Waals surface area (Å²) in [6.45, 7) is 4.68. The highest BCUT2D eigenvalue weighted by Crippen LogP contribution is 2.31. The molecule has 0 fully saturated rings. The lowest BCUT2D eigenvalue weighted by Gasteiger charge is -2.30. The van der Waals surface area contributed by atoms with Crippen LogP contribution in [0.4, 0.5) is 11.8 Å². The molecule has 30 heavy (non-hydrogen) atoms. The highest BCUT2D eigenvalue weighted by atomic mass is 79.9. The zero-order valence-electron chi connectivity index (χ0n) is 16.9. The van der Waals surface area contributed by atoms with Gasteiger partial charge in [-0.1, -0.05) is 64.5 Å². The molecule has 2 heterocycles. The molecule has 0 aliphatic carbocycles. The van der Waals surface area contributed by atoms with Crippen molar-refractivity contribution in [1.82, 2.24) is 9.97 Å². The molecule has 0 atom stereocenters. The largest absolute Gasteiger partial charge is 0.365 e. The summed E-state index contributed by atoms with van der Waals surface area (Å²) in [5, 5.41) is 4.59. The van der Waals surface area contributed by atoms with Crippen molar-refractivity contribution in [1.29, 1.82) is 0 Å². The summed E-state index contributed by atoms with van der Waals surface area (Å²) in [6.07, 6.45) is 1.00. The van der Waals surface area contributed by atoms with Crippen LogP contribution in [0.15, 0.2) is 71.2 Å². The number of fused-ring (bicyclic) bond motifs is 2. The molecule has 5 rings (SSSR count). The van der Waals surface area contributed by atoms with Crippen LogP contribution in [0, 0.1) is 6.92 Å². The van der Waals surface area contributed by atoms with E-state index < -0.39 is 0 Å². The molecule has 0 amide bonds. The van der Waals surface area contributed by atoms with Crippen molar-refractivity contribution in [3.63, 3.8) is 0 Å². The van der Waals surface area contributed by atoms with Crippen molar-refractivity contribution in [2.45, 2.75) is 26.4 Å². The van der Waals surface area contributed by atoms with E-state index in [9.17, 15) is 0 Å². The molecule has 0 saturated carbocycles. The molecule has 3 aromatic carbocycles. The number of anilines is 2. The van der Waals surface area contributed by atoms with Gasteiger partial charge in [-0.15, -0.1) is 0 Å². The number of halogens is 1. The standard InChI is InChI=1S/C25H23BrN4/c1-17-20-13-14-30(16-19(20)11-12-22(17)26)25-28-23-10-6-5-9-21(23)24(29-25)27-15-18-7-3-2-4-8-18/h2-12H,13-16H2,1H3,(H,27,28,29). The Morgan fingerprint density at radius 3 is 2.63 bits per heavy atom. The van der Waals surface area contributed by atoms with E-state index in [1.807, 2.05) is 18.2 Å². The van der Waals surface area contributed by atoms with Crippen molar-refractivity contribution in [3.05, 3.63) is 93.5 Å². The van der Waals surface area contributed by atoms with Gasteiger partial charge in [0.1, 0.15) is 5.82 Å². The first-order valence-corrected chi connectivity index (χ1v) is 11.0. The minimum absolute atomic E-state index is 0.733. The zero-order valence-corrected chi connectivity index (χ0v) is 18.5. The molecular weight excluding hydrogens is 436 g/mol. The topological polar surface area (TPSA) is 41.1 Å². The van der Waals surface area contributed by atoms with E-state index in [0.29, 0.717) is 0 Å². The Labute approximate surface area is 185 Å². The van der Waals surface area contributed by atoms with Gasteiger partial charge in [0.25, 0.3) is 0 Å². The number of nitrogens with zero attached hydrogens (tertiary/aromatic N) is 3. The highest BCUT2D eigenvalue weighted by molar-refractivity contribution is 9.10. The van der Waals surface area contributed by atoms with Gasteiger partial charge in [-0.3, -0.25) is 0 Å². The summed E-state index contributed by atoms with van der Waals surface area (Å²) in [7, 11) is 0. The van der Waals surface area contributed by atoms with E-state index in [2.05, 4.69) is 81.6 Å². The second-order valence-electron chi connectivity index (χ2n) is 7.71. The second kappa shape index (κ2) is 8.07. The Hall–Kier alpha value is -2.92. The maximum atomic E-state index is 4.95. The molecule has 4 aromatic rings. The fraction of sp³-hybridized carbons (Fsp3) is 0.200. The van der Waals surface area contributed by atoms with Gasteiger partial charge in [0, 0.05) is 29.5 Å². The maximum Gasteiger partial charge on any atom is 0.228 e. The van der Waals surface area contributed by atoms with Gasteiger partial charge < -0.3 is 10.2 Å². The Kier molecular flexibility index (Phi) is 5.13. The second-order valence-corrected chi connectivity index (χ2v) is 8.56. The van der Waals surface area contributed by atoms with Crippen molar-refractivity contribution < 1.29 is 0 Å². The van der Waals surface area contributed by atoms with Crippen molar-refractivity contribution in [2.75, 3.05) is 16.8 Å². The predicted molar refractivity (Wildman–Crippen MR) is 127 cm³/mol. The smallest absolute Gasteiger partial charge is 0.228 e. The number of nitrogens with one attached hydrogen (secondary N) is 1. The molecular formula is C25H23BrN4. The van der Waals surface area contributed by atoms with Gasteiger partial charge in [0.15, 0.2) is 0 Å². The Balaban J connectivity index is 1.48. The number of hydrogen-bond donors (Lipinski definition) is 1. The van der Waals surface area contributed by atoms with Gasteiger partial charge in [-0.25, -0.2) is 4.98 Å². The van der Waals surface area contributed by atoms with Gasteiger partial charge in [-0.2, -0.15) is 4.98 Å². The summed E-state index contributed by atoms with van der Waals surface area (Å²) in [5.74, 6) is 1.67. The maximum absolute atomic E-state index is 4.95. The lowest BCUT2D eigenvalue weighted by Crippen LogP contribution is -2.32. The molecule has 0 saturated heterocycles. The van der Waals surface area contributed by atoms with Crippen LogP contribution in [0.1, 0.15) is 22.3 Å². The minimum Gasteiger partial charge on any atom is -0.365 e. The molecule has 0 bridgehead atoms. The number of hydrogen-bond acceptors (Lipinski definition) is 4. The van der Waals surface area contributed by atoms with Crippen LogP contribution >= 0.6 is 15.9 Å². The third-order valence-electron chi connectivity index (χ3n) is 5.80. The molecule has 4 nitrogen and oxygen atoms in total. The quantitative estimate of drug-likeness (QED) is 0.414. The summed E-state index contributed by atoms with van der Waals surface area (Å²) in [6, 6.07) is 23.0. The van der Waals surface area contributed by atoms with E-state index in [4.69, 9.17) is 9.97 Å². The van der Waals surface area contributed by atoms with Crippen LogP contribution in [-0.4, -0.2) is 16.5 Å². The Bertz CT molecular complexity index is 1210. The molecule has 1 aliphatic heterocycles. The van der Waals surface area contributed by atoms with Gasteiger partial charge in [0.2, 0.25) is 5.95 Å². The Morgan fingerprint density at radius 1 is 0.967 bits per heavy atom. The third-order valence-corrected chi connectivity index (χ3v) is 6.66. The highest BCUT2D eigenvalue weighted by Gasteiger charge is 2.22. The van der Waals surface area contributed by atoms with Crippen molar-refractivity contribution >= 4 is 38.6 Å². The summed E-state index contributed by atoms with van der Waals surface area (Å²) in [5.41, 5.74) is 6.35. The lowest BCUT2D eigenvalue weighted by molar-refractivity contribution is 0.706.